The number of carbonyl (C=O) groups is 1. The van der Waals surface area contributed by atoms with Crippen LogP contribution in [-0.4, -0.2) is 35.7 Å². The average molecular weight is 346 g/mol. The number of nitrogens with zero attached hydrogens (tertiary/aromatic N) is 2. The Hall–Kier alpha value is -2.32. The number of carbonyl (C=O) groups excluding carboxylic acids is 1. The molecular formula is C16H15FN4O2S. The summed E-state index contributed by atoms with van der Waals surface area (Å²) < 4.78 is 19.2. The van der Waals surface area contributed by atoms with Gasteiger partial charge < -0.3 is 10.1 Å². The molecule has 0 unspecified atom stereocenters. The van der Waals surface area contributed by atoms with E-state index in [1.807, 2.05) is 12.3 Å². The van der Waals surface area contributed by atoms with Crippen LogP contribution in [0.5, 0.6) is 5.75 Å². The maximum atomic E-state index is 13.5. The van der Waals surface area contributed by atoms with Gasteiger partial charge >= 0.3 is 0 Å². The van der Waals surface area contributed by atoms with Crippen LogP contribution in [0, 0.1) is 5.82 Å². The highest BCUT2D eigenvalue weighted by Crippen LogP contribution is 2.29. The van der Waals surface area contributed by atoms with Gasteiger partial charge in [-0.3, -0.25) is 9.80 Å². The minimum absolute atomic E-state index is 0.162. The van der Waals surface area contributed by atoms with Gasteiger partial charge in [0.25, 0.3) is 5.91 Å². The van der Waals surface area contributed by atoms with Crippen molar-refractivity contribution in [3.8, 4) is 5.75 Å². The maximum absolute atomic E-state index is 13.5. The molecule has 124 valence electrons. The normalized spacial score (nSPS) is 20.3. The molecule has 6 nitrogen and oxygen atoms in total. The molecule has 8 heteroatoms. The molecule has 0 atom stereocenters. The summed E-state index contributed by atoms with van der Waals surface area (Å²) in [5.74, 6) is 1.31. The van der Waals surface area contributed by atoms with E-state index in [9.17, 15) is 9.18 Å². The lowest BCUT2D eigenvalue weighted by atomic mass is 10.2. The topological polar surface area (TPSA) is 66.0 Å². The summed E-state index contributed by atoms with van der Waals surface area (Å²) in [6.45, 7) is 1.12. The Bertz CT molecular complexity index is 790. The zero-order valence-electron chi connectivity index (χ0n) is 12.7. The Morgan fingerprint density at radius 3 is 3.21 bits per heavy atom. The third-order valence-corrected chi connectivity index (χ3v) is 4.80. The molecule has 3 heterocycles. The minimum atomic E-state index is -0.298. The Labute approximate surface area is 142 Å². The van der Waals surface area contributed by atoms with E-state index in [0.717, 1.165) is 10.6 Å². The second kappa shape index (κ2) is 6.29. The van der Waals surface area contributed by atoms with Gasteiger partial charge in [-0.25, -0.2) is 14.8 Å². The van der Waals surface area contributed by atoms with Crippen molar-refractivity contribution in [3.05, 3.63) is 53.2 Å². The van der Waals surface area contributed by atoms with Gasteiger partial charge in [-0.2, -0.15) is 0 Å². The third kappa shape index (κ3) is 2.90. The standard InChI is InChI=1S/C16H15FN4O2S/c17-11-1-2-13-10(7-11)9-24-14-3-5-21-15(20-14)12(8-19-21)16(22)18-4-6-23-13/h1-3,5,7,19H,4,6,8-9H2,(H,18,22). The number of hydrazine groups is 1. The molecule has 3 aliphatic rings. The van der Waals surface area contributed by atoms with E-state index in [1.54, 1.807) is 11.1 Å². The van der Waals surface area contributed by atoms with E-state index in [4.69, 9.17) is 4.74 Å². The lowest BCUT2D eigenvalue weighted by Gasteiger charge is -2.19. The van der Waals surface area contributed by atoms with Gasteiger partial charge in [0.2, 0.25) is 0 Å². The molecular weight excluding hydrogens is 331 g/mol. The predicted octanol–water partition coefficient (Wildman–Crippen LogP) is 1.53. The van der Waals surface area contributed by atoms with Crippen LogP contribution in [0.3, 0.4) is 0 Å². The molecule has 24 heavy (non-hydrogen) atoms. The zero-order valence-corrected chi connectivity index (χ0v) is 13.5. The summed E-state index contributed by atoms with van der Waals surface area (Å²) in [6.07, 6.45) is 3.70. The lowest BCUT2D eigenvalue weighted by Crippen LogP contribution is -2.31. The summed E-state index contributed by atoms with van der Waals surface area (Å²) in [7, 11) is 0. The molecule has 2 bridgehead atoms. The fraction of sp³-hybridized carbons (Fsp3) is 0.250. The second-order valence-electron chi connectivity index (χ2n) is 5.42. The van der Waals surface area contributed by atoms with Crippen LogP contribution in [0.4, 0.5) is 4.39 Å². The lowest BCUT2D eigenvalue weighted by molar-refractivity contribution is -0.117. The number of hydrogen-bond acceptors (Lipinski definition) is 6. The van der Waals surface area contributed by atoms with E-state index in [0.29, 0.717) is 42.6 Å². The molecule has 0 saturated carbocycles. The average Bonchev–Trinajstić information content (AvgIpc) is 3.00. The van der Waals surface area contributed by atoms with E-state index in [2.05, 4.69) is 15.7 Å². The van der Waals surface area contributed by atoms with Crippen molar-refractivity contribution in [2.75, 3.05) is 19.7 Å². The number of benzene rings is 1. The monoisotopic (exact) mass is 346 g/mol. The molecule has 0 aromatic heterocycles. The molecule has 0 fully saturated rings. The van der Waals surface area contributed by atoms with Crippen LogP contribution >= 0.6 is 11.8 Å². The van der Waals surface area contributed by atoms with Gasteiger partial charge in [0.1, 0.15) is 23.2 Å². The molecule has 1 aromatic rings. The summed E-state index contributed by atoms with van der Waals surface area (Å²) in [5, 5.41) is 5.34. The van der Waals surface area contributed by atoms with Gasteiger partial charge in [0.05, 0.1) is 12.1 Å². The van der Waals surface area contributed by atoms with E-state index < -0.39 is 0 Å². The van der Waals surface area contributed by atoms with Crippen molar-refractivity contribution >= 4 is 22.7 Å². The molecule has 0 radical (unpaired) electrons. The fourth-order valence-electron chi connectivity index (χ4n) is 2.64. The second-order valence-corrected chi connectivity index (χ2v) is 6.41. The molecule has 0 spiro atoms. The molecule has 3 aliphatic heterocycles. The number of fused-ring (bicyclic) bond motifs is 1. The number of hydrogen-bond donors (Lipinski definition) is 2. The Morgan fingerprint density at radius 2 is 2.29 bits per heavy atom. The number of ether oxygens (including phenoxy) is 1. The van der Waals surface area contributed by atoms with Crippen molar-refractivity contribution in [1.29, 1.82) is 0 Å². The Morgan fingerprint density at radius 1 is 1.38 bits per heavy atom. The smallest absolute Gasteiger partial charge is 0.252 e. The number of halogens is 1. The Kier molecular flexibility index (Phi) is 3.99. The maximum Gasteiger partial charge on any atom is 0.252 e. The number of rotatable bonds is 0. The molecule has 0 saturated heterocycles. The largest absolute Gasteiger partial charge is 0.491 e. The van der Waals surface area contributed by atoms with Crippen molar-refractivity contribution in [2.45, 2.75) is 5.75 Å². The first-order valence-corrected chi connectivity index (χ1v) is 8.54. The Balaban J connectivity index is 1.68. The summed E-state index contributed by atoms with van der Waals surface area (Å²) in [5.41, 5.74) is 4.46. The van der Waals surface area contributed by atoms with Gasteiger partial charge in [0.15, 0.2) is 5.82 Å². The highest BCUT2D eigenvalue weighted by Gasteiger charge is 2.28. The van der Waals surface area contributed by atoms with Crippen molar-refractivity contribution in [2.24, 2.45) is 4.99 Å². The van der Waals surface area contributed by atoms with Crippen molar-refractivity contribution < 1.29 is 13.9 Å². The van der Waals surface area contributed by atoms with Crippen molar-refractivity contribution in [3.63, 3.8) is 0 Å². The number of thioether (sulfide) groups is 1. The number of aliphatic imine (C=N–C) groups is 1. The van der Waals surface area contributed by atoms with E-state index in [-0.39, 0.29) is 11.7 Å². The van der Waals surface area contributed by atoms with Gasteiger partial charge in [-0.1, -0.05) is 0 Å². The van der Waals surface area contributed by atoms with Crippen LogP contribution < -0.4 is 15.5 Å². The molecule has 4 rings (SSSR count). The van der Waals surface area contributed by atoms with Crippen LogP contribution in [0.1, 0.15) is 5.56 Å². The number of nitrogens with one attached hydrogen (secondary N) is 2. The molecule has 1 aromatic carbocycles. The van der Waals surface area contributed by atoms with Crippen LogP contribution in [0.2, 0.25) is 0 Å². The zero-order chi connectivity index (χ0) is 16.5. The van der Waals surface area contributed by atoms with Gasteiger partial charge in [0, 0.05) is 24.1 Å². The highest BCUT2D eigenvalue weighted by atomic mass is 32.2. The number of amides is 1. The first-order chi connectivity index (χ1) is 11.7. The first-order valence-electron chi connectivity index (χ1n) is 7.56. The van der Waals surface area contributed by atoms with Crippen LogP contribution in [0.15, 0.2) is 46.9 Å². The first kappa shape index (κ1) is 15.2. The predicted molar refractivity (Wildman–Crippen MR) is 89.6 cm³/mol. The fourth-order valence-corrected chi connectivity index (χ4v) is 3.47. The summed E-state index contributed by atoms with van der Waals surface area (Å²) in [6, 6.07) is 4.47. The van der Waals surface area contributed by atoms with Gasteiger partial charge in [-0.05, 0) is 24.3 Å². The van der Waals surface area contributed by atoms with E-state index in [1.165, 1.54) is 23.9 Å². The minimum Gasteiger partial charge on any atom is -0.491 e. The van der Waals surface area contributed by atoms with Crippen molar-refractivity contribution in [1.82, 2.24) is 15.8 Å². The molecule has 0 aliphatic carbocycles. The molecule has 2 N–H and O–H groups in total. The van der Waals surface area contributed by atoms with Gasteiger partial charge in [-0.15, -0.1) is 11.8 Å². The SMILES string of the molecule is O=C1NCCOc2ccc(F)cc2CSC2=NC3=C1CNN3C=C2. The molecule has 1 amide bonds. The highest BCUT2D eigenvalue weighted by molar-refractivity contribution is 8.13. The van der Waals surface area contributed by atoms with E-state index >= 15 is 0 Å². The van der Waals surface area contributed by atoms with Crippen LogP contribution in [-0.2, 0) is 10.5 Å². The quantitative estimate of drug-likeness (QED) is 0.746. The van der Waals surface area contributed by atoms with Crippen LogP contribution in [0.25, 0.3) is 0 Å². The summed E-state index contributed by atoms with van der Waals surface area (Å²) >= 11 is 1.48. The third-order valence-electron chi connectivity index (χ3n) is 3.82. The summed E-state index contributed by atoms with van der Waals surface area (Å²) in [4.78, 5) is 16.9.